The summed E-state index contributed by atoms with van der Waals surface area (Å²) in [5.41, 5.74) is 2.29. The number of likely N-dealkylation sites (N-methyl/N-ethyl adjacent to an activating group) is 1. The standard InChI is InChI=1S/C18H20N4O3S2/c1-10-19-12-8-11(4-5-13(12)25-10)20-16(23)14-9-15-17(26-14)21-18(27-15)22(2)6-7-24-3/h4-5,8-9,16,20,23H,6-7H2,1-3H3. The Bertz CT molecular complexity index is 1040. The summed E-state index contributed by atoms with van der Waals surface area (Å²) in [6.07, 6.45) is -0.809. The van der Waals surface area contributed by atoms with Crippen molar-refractivity contribution in [3.63, 3.8) is 0 Å². The summed E-state index contributed by atoms with van der Waals surface area (Å²) in [6, 6.07) is 7.57. The van der Waals surface area contributed by atoms with Crippen LogP contribution >= 0.6 is 22.7 Å². The van der Waals surface area contributed by atoms with Crippen molar-refractivity contribution in [1.29, 1.82) is 0 Å². The molecule has 7 nitrogen and oxygen atoms in total. The Kier molecular flexibility index (Phi) is 5.00. The molecule has 3 aromatic heterocycles. The van der Waals surface area contributed by atoms with E-state index in [4.69, 9.17) is 9.15 Å². The zero-order valence-corrected chi connectivity index (χ0v) is 16.9. The molecule has 9 heteroatoms. The zero-order chi connectivity index (χ0) is 19.0. The Morgan fingerprint density at radius 3 is 2.93 bits per heavy atom. The molecule has 27 heavy (non-hydrogen) atoms. The van der Waals surface area contributed by atoms with Crippen molar-refractivity contribution < 1.29 is 14.3 Å². The maximum atomic E-state index is 10.6. The summed E-state index contributed by atoms with van der Waals surface area (Å²) in [7, 11) is 3.69. The number of nitrogens with zero attached hydrogens (tertiary/aromatic N) is 3. The van der Waals surface area contributed by atoms with Gasteiger partial charge in [-0.1, -0.05) is 11.3 Å². The first kappa shape index (κ1) is 18.2. The van der Waals surface area contributed by atoms with Crippen LogP contribution in [0.5, 0.6) is 0 Å². The van der Waals surface area contributed by atoms with Crippen molar-refractivity contribution in [2.24, 2.45) is 0 Å². The summed E-state index contributed by atoms with van der Waals surface area (Å²) in [5.74, 6) is 0.624. The average Bonchev–Trinajstić information content (AvgIpc) is 3.30. The quantitative estimate of drug-likeness (QED) is 0.451. The van der Waals surface area contributed by atoms with E-state index in [0.29, 0.717) is 12.5 Å². The highest BCUT2D eigenvalue weighted by atomic mass is 32.1. The molecule has 4 rings (SSSR count). The van der Waals surface area contributed by atoms with E-state index in [1.807, 2.05) is 38.2 Å². The number of ether oxygens (including phenoxy) is 1. The Balaban J connectivity index is 1.49. The van der Waals surface area contributed by atoms with Gasteiger partial charge in [0.25, 0.3) is 0 Å². The molecule has 0 fully saturated rings. The number of hydrogen-bond acceptors (Lipinski definition) is 9. The summed E-state index contributed by atoms with van der Waals surface area (Å²) < 4.78 is 11.7. The van der Waals surface area contributed by atoms with Gasteiger partial charge in [0.05, 0.1) is 16.2 Å². The molecule has 2 N–H and O–H groups in total. The summed E-state index contributed by atoms with van der Waals surface area (Å²) >= 11 is 3.10. The molecule has 0 bridgehead atoms. The van der Waals surface area contributed by atoms with Gasteiger partial charge in [0.2, 0.25) is 0 Å². The molecule has 1 unspecified atom stereocenters. The van der Waals surface area contributed by atoms with Crippen LogP contribution in [0, 0.1) is 6.92 Å². The third-order valence-corrected chi connectivity index (χ3v) is 6.45. The molecule has 0 saturated carbocycles. The number of aromatic nitrogens is 2. The van der Waals surface area contributed by atoms with Crippen LogP contribution in [-0.4, -0.2) is 42.4 Å². The van der Waals surface area contributed by atoms with Crippen LogP contribution in [0.2, 0.25) is 0 Å². The van der Waals surface area contributed by atoms with Crippen LogP contribution in [-0.2, 0) is 4.74 Å². The molecule has 1 aromatic carbocycles. The molecular formula is C18H20N4O3S2. The van der Waals surface area contributed by atoms with E-state index in [0.717, 1.165) is 42.9 Å². The largest absolute Gasteiger partial charge is 0.441 e. The second-order valence-corrected chi connectivity index (χ2v) is 8.26. The Labute approximate surface area is 164 Å². The second kappa shape index (κ2) is 7.43. The van der Waals surface area contributed by atoms with Gasteiger partial charge >= 0.3 is 0 Å². The number of aryl methyl sites for hydroxylation is 1. The van der Waals surface area contributed by atoms with Gasteiger partial charge in [0, 0.05) is 33.3 Å². The number of fused-ring (bicyclic) bond motifs is 2. The number of thiazole rings is 1. The molecule has 0 amide bonds. The van der Waals surface area contributed by atoms with Crippen molar-refractivity contribution >= 4 is 54.1 Å². The third-order valence-electron chi connectivity index (χ3n) is 4.12. The van der Waals surface area contributed by atoms with Crippen molar-refractivity contribution in [3.8, 4) is 0 Å². The first-order valence-corrected chi connectivity index (χ1v) is 10.1. The molecule has 4 aromatic rings. The van der Waals surface area contributed by atoms with Gasteiger partial charge in [-0.2, -0.15) is 0 Å². The summed E-state index contributed by atoms with van der Waals surface area (Å²) in [4.78, 5) is 12.8. The first-order chi connectivity index (χ1) is 13.0. The van der Waals surface area contributed by atoms with E-state index >= 15 is 0 Å². The van der Waals surface area contributed by atoms with Gasteiger partial charge in [-0.25, -0.2) is 9.97 Å². The lowest BCUT2D eigenvalue weighted by molar-refractivity contribution is 0.206. The van der Waals surface area contributed by atoms with Crippen molar-refractivity contribution in [1.82, 2.24) is 9.97 Å². The van der Waals surface area contributed by atoms with E-state index in [1.54, 1.807) is 18.4 Å². The van der Waals surface area contributed by atoms with Gasteiger partial charge in [-0.15, -0.1) is 11.3 Å². The van der Waals surface area contributed by atoms with Crippen LogP contribution in [0.3, 0.4) is 0 Å². The van der Waals surface area contributed by atoms with Gasteiger partial charge < -0.3 is 24.5 Å². The van der Waals surface area contributed by atoms with Crippen molar-refractivity contribution in [2.75, 3.05) is 37.5 Å². The minimum Gasteiger partial charge on any atom is -0.441 e. The minimum absolute atomic E-state index is 0.624. The van der Waals surface area contributed by atoms with Crippen molar-refractivity contribution in [3.05, 3.63) is 35.0 Å². The molecule has 0 radical (unpaired) electrons. The number of oxazole rings is 1. The predicted molar refractivity (Wildman–Crippen MR) is 110 cm³/mol. The van der Waals surface area contributed by atoms with Gasteiger partial charge in [-0.3, -0.25) is 0 Å². The van der Waals surface area contributed by atoms with Crippen LogP contribution in [0.4, 0.5) is 10.8 Å². The molecule has 1 atom stereocenters. The normalized spacial score (nSPS) is 12.7. The average molecular weight is 405 g/mol. The molecule has 0 saturated heterocycles. The van der Waals surface area contributed by atoms with Crippen LogP contribution < -0.4 is 10.2 Å². The van der Waals surface area contributed by atoms with Gasteiger partial charge in [0.15, 0.2) is 22.8 Å². The molecule has 0 spiro atoms. The van der Waals surface area contributed by atoms with Crippen LogP contribution in [0.25, 0.3) is 20.6 Å². The highest BCUT2D eigenvalue weighted by molar-refractivity contribution is 7.29. The lowest BCUT2D eigenvalue weighted by Gasteiger charge is -2.14. The molecule has 3 heterocycles. The monoisotopic (exact) mass is 404 g/mol. The maximum absolute atomic E-state index is 10.6. The topological polar surface area (TPSA) is 83.7 Å². The molecule has 0 aliphatic heterocycles. The fraction of sp³-hybridized carbons (Fsp3) is 0.333. The van der Waals surface area contributed by atoms with Crippen LogP contribution in [0.1, 0.15) is 17.0 Å². The van der Waals surface area contributed by atoms with E-state index in [1.165, 1.54) is 11.3 Å². The lowest BCUT2D eigenvalue weighted by atomic mass is 10.2. The SMILES string of the molecule is COCCN(C)c1nc2sc(C(O)Nc3ccc4oc(C)nc4c3)cc2s1. The molecular weight excluding hydrogens is 384 g/mol. The van der Waals surface area contributed by atoms with E-state index in [2.05, 4.69) is 20.2 Å². The first-order valence-electron chi connectivity index (χ1n) is 8.45. The fourth-order valence-electron chi connectivity index (χ4n) is 2.72. The van der Waals surface area contributed by atoms with Gasteiger partial charge in [-0.05, 0) is 24.3 Å². The number of benzene rings is 1. The lowest BCUT2D eigenvalue weighted by Crippen LogP contribution is -2.21. The molecule has 142 valence electrons. The summed E-state index contributed by atoms with van der Waals surface area (Å²) in [5, 5.41) is 14.6. The maximum Gasteiger partial charge on any atom is 0.192 e. The zero-order valence-electron chi connectivity index (χ0n) is 15.2. The van der Waals surface area contributed by atoms with E-state index in [-0.39, 0.29) is 0 Å². The smallest absolute Gasteiger partial charge is 0.192 e. The number of methoxy groups -OCH3 is 1. The number of aliphatic hydroxyl groups excluding tert-OH is 1. The second-order valence-electron chi connectivity index (χ2n) is 6.19. The fourth-order valence-corrected chi connectivity index (χ4v) is 4.87. The Hall–Kier alpha value is -2.20. The van der Waals surface area contributed by atoms with E-state index in [9.17, 15) is 5.11 Å². The van der Waals surface area contributed by atoms with Crippen LogP contribution in [0.15, 0.2) is 28.7 Å². The number of anilines is 2. The predicted octanol–water partition coefficient (Wildman–Crippen LogP) is 3.99. The number of nitrogens with one attached hydrogen (secondary N) is 1. The number of hydrogen-bond donors (Lipinski definition) is 2. The summed E-state index contributed by atoms with van der Waals surface area (Å²) in [6.45, 7) is 3.26. The Morgan fingerprint density at radius 1 is 1.30 bits per heavy atom. The van der Waals surface area contributed by atoms with Crippen molar-refractivity contribution in [2.45, 2.75) is 13.2 Å². The Morgan fingerprint density at radius 2 is 2.15 bits per heavy atom. The number of thiophene rings is 1. The molecule has 0 aliphatic carbocycles. The third kappa shape index (κ3) is 3.77. The molecule has 0 aliphatic rings. The van der Waals surface area contributed by atoms with E-state index < -0.39 is 6.23 Å². The van der Waals surface area contributed by atoms with Gasteiger partial charge in [0.1, 0.15) is 10.3 Å². The minimum atomic E-state index is -0.809. The highest BCUT2D eigenvalue weighted by Gasteiger charge is 2.16. The highest BCUT2D eigenvalue weighted by Crippen LogP contribution is 2.37. The number of rotatable bonds is 7. The number of aliphatic hydroxyl groups is 1.